The number of nitrogens with zero attached hydrogens (tertiary/aromatic N) is 1. The van der Waals surface area contributed by atoms with Gasteiger partial charge in [-0.1, -0.05) is 54.6 Å². The molecule has 3 aromatic rings. The SMILES string of the molecule is CC(C)(C)OC(=O)N1CCC(NC(=O)CCCCC[P+](c2ccccc2)(c2ccccc2)c2ccccc2)CC1. The number of ether oxygens (including phenoxy) is 1. The van der Waals surface area contributed by atoms with E-state index in [4.69, 9.17) is 4.74 Å². The zero-order chi connectivity index (χ0) is 28.4. The third kappa shape index (κ3) is 7.95. The van der Waals surface area contributed by atoms with E-state index in [2.05, 4.69) is 96.3 Å². The molecule has 1 fully saturated rings. The van der Waals surface area contributed by atoms with E-state index in [1.165, 1.54) is 15.9 Å². The fourth-order valence-electron chi connectivity index (χ4n) is 5.53. The number of hydrogen-bond acceptors (Lipinski definition) is 3. The van der Waals surface area contributed by atoms with Gasteiger partial charge >= 0.3 is 6.09 Å². The molecule has 5 nitrogen and oxygen atoms in total. The zero-order valence-electron chi connectivity index (χ0n) is 24.2. The van der Waals surface area contributed by atoms with Crippen molar-refractivity contribution < 1.29 is 14.3 Å². The molecule has 1 heterocycles. The monoisotopic (exact) mass is 559 g/mol. The van der Waals surface area contributed by atoms with E-state index >= 15 is 0 Å². The number of piperidine rings is 1. The van der Waals surface area contributed by atoms with E-state index in [9.17, 15) is 9.59 Å². The molecular weight excluding hydrogens is 515 g/mol. The molecule has 1 aliphatic heterocycles. The van der Waals surface area contributed by atoms with Gasteiger partial charge in [0.2, 0.25) is 5.91 Å². The van der Waals surface area contributed by atoms with E-state index in [1.807, 2.05) is 20.8 Å². The van der Waals surface area contributed by atoms with E-state index in [0.717, 1.165) is 38.3 Å². The topological polar surface area (TPSA) is 58.6 Å². The first kappa shape index (κ1) is 29.8. The van der Waals surface area contributed by atoms with Gasteiger partial charge in [-0.3, -0.25) is 4.79 Å². The summed E-state index contributed by atoms with van der Waals surface area (Å²) in [5.74, 6) is 0.117. The van der Waals surface area contributed by atoms with Crippen LogP contribution in [0.2, 0.25) is 0 Å². The Balaban J connectivity index is 1.31. The Labute approximate surface area is 240 Å². The fraction of sp³-hybridized carbons (Fsp3) is 0.412. The van der Waals surface area contributed by atoms with Crippen LogP contribution in [0.3, 0.4) is 0 Å². The van der Waals surface area contributed by atoms with Gasteiger partial charge in [0.05, 0.1) is 6.16 Å². The van der Waals surface area contributed by atoms with Crippen LogP contribution in [0, 0.1) is 0 Å². The summed E-state index contributed by atoms with van der Waals surface area (Å²) in [6.07, 6.45) is 5.84. The number of nitrogens with one attached hydrogen (secondary N) is 1. The van der Waals surface area contributed by atoms with Crippen LogP contribution in [-0.2, 0) is 9.53 Å². The minimum atomic E-state index is -1.82. The largest absolute Gasteiger partial charge is 0.444 e. The van der Waals surface area contributed by atoms with Crippen molar-refractivity contribution in [2.75, 3.05) is 19.3 Å². The highest BCUT2D eigenvalue weighted by atomic mass is 31.2. The Bertz CT molecular complexity index is 1110. The molecule has 0 aromatic heterocycles. The van der Waals surface area contributed by atoms with Crippen molar-refractivity contribution in [1.29, 1.82) is 0 Å². The number of rotatable bonds is 10. The summed E-state index contributed by atoms with van der Waals surface area (Å²) in [5.41, 5.74) is -0.493. The van der Waals surface area contributed by atoms with Gasteiger partial charge in [-0.2, -0.15) is 0 Å². The minimum absolute atomic E-state index is 0.117. The van der Waals surface area contributed by atoms with Crippen molar-refractivity contribution in [3.63, 3.8) is 0 Å². The Morgan fingerprint density at radius 2 is 1.25 bits per heavy atom. The molecule has 0 radical (unpaired) electrons. The number of likely N-dealkylation sites (tertiary alicyclic amines) is 1. The smallest absolute Gasteiger partial charge is 0.410 e. The maximum absolute atomic E-state index is 12.7. The molecule has 0 bridgehead atoms. The summed E-state index contributed by atoms with van der Waals surface area (Å²) < 4.78 is 5.48. The van der Waals surface area contributed by atoms with Crippen LogP contribution in [0.15, 0.2) is 91.0 Å². The molecule has 40 heavy (non-hydrogen) atoms. The third-order valence-corrected chi connectivity index (χ3v) is 12.0. The normalized spacial score (nSPS) is 14.5. The van der Waals surface area contributed by atoms with Crippen LogP contribution in [-0.4, -0.2) is 47.8 Å². The summed E-state index contributed by atoms with van der Waals surface area (Å²) in [4.78, 5) is 26.8. The summed E-state index contributed by atoms with van der Waals surface area (Å²) in [5, 5.41) is 7.42. The molecule has 6 heteroatoms. The van der Waals surface area contributed by atoms with Crippen LogP contribution in [0.4, 0.5) is 4.79 Å². The van der Waals surface area contributed by atoms with Gasteiger partial charge in [-0.15, -0.1) is 0 Å². The van der Waals surface area contributed by atoms with Crippen LogP contribution in [0.25, 0.3) is 0 Å². The summed E-state index contributed by atoms with van der Waals surface area (Å²) in [7, 11) is -1.82. The minimum Gasteiger partial charge on any atom is -0.444 e. The van der Waals surface area contributed by atoms with Gasteiger partial charge in [0.25, 0.3) is 0 Å². The molecule has 4 rings (SSSR count). The highest BCUT2D eigenvalue weighted by Crippen LogP contribution is 2.56. The lowest BCUT2D eigenvalue weighted by Gasteiger charge is -2.33. The predicted octanol–water partition coefficient (Wildman–Crippen LogP) is 6.06. The van der Waals surface area contributed by atoms with Crippen LogP contribution >= 0.6 is 7.26 Å². The second-order valence-electron chi connectivity index (χ2n) is 11.7. The second-order valence-corrected chi connectivity index (χ2v) is 15.3. The number of carbonyl (C=O) groups excluding carboxylic acids is 2. The molecule has 0 unspecified atom stereocenters. The van der Waals surface area contributed by atoms with Gasteiger partial charge in [0.15, 0.2) is 0 Å². The van der Waals surface area contributed by atoms with Crippen LogP contribution < -0.4 is 21.2 Å². The molecule has 1 aliphatic rings. The van der Waals surface area contributed by atoms with Crippen LogP contribution in [0.5, 0.6) is 0 Å². The van der Waals surface area contributed by atoms with E-state index in [1.54, 1.807) is 4.90 Å². The average Bonchev–Trinajstić information content (AvgIpc) is 2.96. The van der Waals surface area contributed by atoms with Gasteiger partial charge in [-0.05, 0) is 89.3 Å². The predicted molar refractivity (Wildman–Crippen MR) is 167 cm³/mol. The molecule has 0 saturated carbocycles. The maximum Gasteiger partial charge on any atom is 0.410 e. The van der Waals surface area contributed by atoms with E-state index < -0.39 is 12.9 Å². The zero-order valence-corrected chi connectivity index (χ0v) is 25.1. The second kappa shape index (κ2) is 13.9. The third-order valence-electron chi connectivity index (χ3n) is 7.50. The maximum atomic E-state index is 12.7. The van der Waals surface area contributed by atoms with Crippen molar-refractivity contribution in [3.05, 3.63) is 91.0 Å². The standard InChI is InChI=1S/C34H43N2O3P/c1-34(2,3)39-33(38)36-25-23-28(24-26-36)35-32(37)22-14-7-15-27-40(29-16-8-4-9-17-29,30-18-10-5-11-19-30)31-20-12-6-13-21-31/h4-6,8-13,16-21,28H,7,14-15,22-27H2,1-3H3/p+1. The lowest BCUT2D eigenvalue weighted by Crippen LogP contribution is -2.47. The Kier molecular flexibility index (Phi) is 10.4. The quantitative estimate of drug-likeness (QED) is 0.243. The number of benzene rings is 3. The lowest BCUT2D eigenvalue weighted by molar-refractivity contribution is -0.122. The van der Waals surface area contributed by atoms with Gasteiger partial charge in [0.1, 0.15) is 28.8 Å². The van der Waals surface area contributed by atoms with E-state index in [0.29, 0.717) is 19.5 Å². The number of unbranched alkanes of at least 4 members (excludes halogenated alkanes) is 2. The first-order valence-corrected chi connectivity index (χ1v) is 16.6. The average molecular weight is 560 g/mol. The molecule has 0 aliphatic carbocycles. The molecule has 1 saturated heterocycles. The number of amides is 2. The molecule has 0 atom stereocenters. The van der Waals surface area contributed by atoms with Crippen molar-refractivity contribution in [3.8, 4) is 0 Å². The van der Waals surface area contributed by atoms with Gasteiger partial charge < -0.3 is 15.0 Å². The Morgan fingerprint density at radius 3 is 1.70 bits per heavy atom. The van der Waals surface area contributed by atoms with E-state index in [-0.39, 0.29) is 18.0 Å². The van der Waals surface area contributed by atoms with Crippen molar-refractivity contribution in [1.82, 2.24) is 10.2 Å². The highest BCUT2D eigenvalue weighted by Gasteiger charge is 2.44. The fourth-order valence-corrected chi connectivity index (χ4v) is 9.94. The molecule has 3 aromatic carbocycles. The van der Waals surface area contributed by atoms with Crippen molar-refractivity contribution >= 4 is 35.2 Å². The number of carbonyl (C=O) groups is 2. The van der Waals surface area contributed by atoms with Crippen molar-refractivity contribution in [2.24, 2.45) is 0 Å². The lowest BCUT2D eigenvalue weighted by atomic mass is 10.0. The van der Waals surface area contributed by atoms with Gasteiger partial charge in [-0.25, -0.2) is 4.79 Å². The van der Waals surface area contributed by atoms with Crippen LogP contribution in [0.1, 0.15) is 59.3 Å². The molecular formula is C34H44N2O3P+. The summed E-state index contributed by atoms with van der Waals surface area (Å²) in [6.45, 7) is 6.87. The van der Waals surface area contributed by atoms with Gasteiger partial charge in [0, 0.05) is 25.6 Å². The summed E-state index contributed by atoms with van der Waals surface area (Å²) in [6, 6.07) is 33.0. The molecule has 1 N–H and O–H groups in total. The van der Waals surface area contributed by atoms with Crippen molar-refractivity contribution in [2.45, 2.75) is 70.9 Å². The molecule has 212 valence electrons. The first-order chi connectivity index (χ1) is 19.3. The Hall–Kier alpha value is -3.17. The summed E-state index contributed by atoms with van der Waals surface area (Å²) >= 11 is 0. The Morgan fingerprint density at radius 1 is 0.775 bits per heavy atom. The first-order valence-electron chi connectivity index (χ1n) is 14.6. The molecule has 2 amide bonds. The highest BCUT2D eigenvalue weighted by molar-refractivity contribution is 7.95. The molecule has 0 spiro atoms. The number of hydrogen-bond donors (Lipinski definition) is 1.